The number of amides is 2. The maximum Gasteiger partial charge on any atom is 0.328 e. The summed E-state index contributed by atoms with van der Waals surface area (Å²) in [6.45, 7) is 4.01. The van der Waals surface area contributed by atoms with Gasteiger partial charge in [0.25, 0.3) is 5.91 Å². The molecule has 2 N–H and O–H groups in total. The molecule has 1 aliphatic rings. The predicted octanol–water partition coefficient (Wildman–Crippen LogP) is 1.12. The van der Waals surface area contributed by atoms with E-state index in [9.17, 15) is 19.5 Å². The van der Waals surface area contributed by atoms with Crippen molar-refractivity contribution in [3.8, 4) is 0 Å². The van der Waals surface area contributed by atoms with Crippen LogP contribution in [0.5, 0.6) is 0 Å². The topological polar surface area (TPSA) is 95.9 Å². The maximum atomic E-state index is 12.5. The quantitative estimate of drug-likeness (QED) is 0.540. The number of carboxylic acids is 1. The number of likely N-dealkylation sites (tertiary alicyclic amines) is 1. The summed E-state index contributed by atoms with van der Waals surface area (Å²) in [5.74, 6) is -1.84. The molecule has 130 valence electrons. The Morgan fingerprint density at radius 1 is 1.54 bits per heavy atom. The minimum absolute atomic E-state index is 0.154. The van der Waals surface area contributed by atoms with Gasteiger partial charge in [-0.15, -0.1) is 17.9 Å². The van der Waals surface area contributed by atoms with Gasteiger partial charge < -0.3 is 20.1 Å². The second-order valence-electron chi connectivity index (χ2n) is 5.36. The van der Waals surface area contributed by atoms with Crippen LogP contribution in [0.3, 0.4) is 0 Å². The summed E-state index contributed by atoms with van der Waals surface area (Å²) in [6, 6.07) is 1.68. The summed E-state index contributed by atoms with van der Waals surface area (Å²) < 4.78 is 5.11. The van der Waals surface area contributed by atoms with Gasteiger partial charge in [0, 0.05) is 6.54 Å². The number of ether oxygens (including phenoxy) is 1. The molecule has 1 saturated heterocycles. The average molecular weight is 352 g/mol. The highest BCUT2D eigenvalue weighted by Crippen LogP contribution is 2.22. The molecule has 8 heteroatoms. The highest BCUT2D eigenvalue weighted by Gasteiger charge is 2.36. The zero-order valence-corrected chi connectivity index (χ0v) is 14.0. The lowest BCUT2D eigenvalue weighted by atomic mass is 10.2. The van der Waals surface area contributed by atoms with Crippen LogP contribution in [-0.4, -0.2) is 59.6 Å². The molecule has 2 unspecified atom stereocenters. The van der Waals surface area contributed by atoms with Gasteiger partial charge in [0.15, 0.2) is 6.04 Å². The molecule has 0 aliphatic carbocycles. The van der Waals surface area contributed by atoms with Crippen LogP contribution in [0.15, 0.2) is 30.2 Å². The lowest BCUT2D eigenvalue weighted by Gasteiger charge is -2.25. The molecule has 1 aliphatic heterocycles. The van der Waals surface area contributed by atoms with E-state index >= 15 is 0 Å². The highest BCUT2D eigenvalue weighted by atomic mass is 32.1. The lowest BCUT2D eigenvalue weighted by Crippen LogP contribution is -2.52. The van der Waals surface area contributed by atoms with Crippen LogP contribution in [0.1, 0.15) is 22.5 Å². The number of carboxylic acid groups (broad SMARTS) is 1. The number of hydrogen-bond acceptors (Lipinski definition) is 5. The molecule has 1 aromatic rings. The first kappa shape index (κ1) is 18.2. The van der Waals surface area contributed by atoms with Crippen LogP contribution >= 0.6 is 11.3 Å². The van der Waals surface area contributed by atoms with Crippen molar-refractivity contribution in [2.75, 3.05) is 19.8 Å². The van der Waals surface area contributed by atoms with E-state index in [4.69, 9.17) is 4.74 Å². The second kappa shape index (κ2) is 8.60. The number of hydrogen-bond donors (Lipinski definition) is 2. The molecular formula is C16H20N2O5S. The molecule has 0 saturated carbocycles. The van der Waals surface area contributed by atoms with Crippen LogP contribution in [0.4, 0.5) is 0 Å². The summed E-state index contributed by atoms with van der Waals surface area (Å²) in [5, 5.41) is 13.5. The molecular weight excluding hydrogens is 332 g/mol. The zero-order chi connectivity index (χ0) is 17.5. The van der Waals surface area contributed by atoms with Gasteiger partial charge in [-0.25, -0.2) is 4.79 Å². The van der Waals surface area contributed by atoms with E-state index in [1.54, 1.807) is 17.5 Å². The maximum absolute atomic E-state index is 12.5. The predicted molar refractivity (Wildman–Crippen MR) is 89.0 cm³/mol. The summed E-state index contributed by atoms with van der Waals surface area (Å²) in [5.41, 5.74) is 0. The molecule has 2 amide bonds. The number of thiophene rings is 1. The van der Waals surface area contributed by atoms with Crippen molar-refractivity contribution >= 4 is 29.1 Å². The van der Waals surface area contributed by atoms with E-state index in [0.29, 0.717) is 24.3 Å². The first-order valence-corrected chi connectivity index (χ1v) is 8.49. The molecule has 0 bridgehead atoms. The molecule has 1 fully saturated rings. The van der Waals surface area contributed by atoms with Gasteiger partial charge in [0.2, 0.25) is 5.91 Å². The van der Waals surface area contributed by atoms with E-state index < -0.39 is 24.0 Å². The Morgan fingerprint density at radius 3 is 2.96 bits per heavy atom. The lowest BCUT2D eigenvalue weighted by molar-refractivity contribution is -0.144. The zero-order valence-electron chi connectivity index (χ0n) is 13.1. The Labute approximate surface area is 143 Å². The van der Waals surface area contributed by atoms with Gasteiger partial charge in [0.1, 0.15) is 6.04 Å². The normalized spacial score (nSPS) is 18.2. The third-order valence-corrected chi connectivity index (χ3v) is 4.54. The van der Waals surface area contributed by atoms with Crippen LogP contribution < -0.4 is 5.32 Å². The monoisotopic (exact) mass is 352 g/mol. The van der Waals surface area contributed by atoms with Gasteiger partial charge in [-0.2, -0.15) is 0 Å². The van der Waals surface area contributed by atoms with E-state index in [1.807, 2.05) is 0 Å². The number of aliphatic carboxylic acids is 1. The SMILES string of the molecule is C=CCOCC(NC(=O)C1CCCN1C(=O)c1cccs1)C(=O)O. The summed E-state index contributed by atoms with van der Waals surface area (Å²) in [4.78, 5) is 38.2. The van der Waals surface area contributed by atoms with Crippen molar-refractivity contribution in [3.63, 3.8) is 0 Å². The molecule has 0 spiro atoms. The minimum atomic E-state index is -1.18. The van der Waals surface area contributed by atoms with E-state index in [1.165, 1.54) is 22.3 Å². The van der Waals surface area contributed by atoms with Crippen molar-refractivity contribution in [3.05, 3.63) is 35.0 Å². The largest absolute Gasteiger partial charge is 0.480 e. The van der Waals surface area contributed by atoms with Gasteiger partial charge in [-0.1, -0.05) is 12.1 Å². The van der Waals surface area contributed by atoms with Gasteiger partial charge in [-0.05, 0) is 24.3 Å². The van der Waals surface area contributed by atoms with Crippen molar-refractivity contribution in [2.45, 2.75) is 24.9 Å². The Morgan fingerprint density at radius 2 is 2.33 bits per heavy atom. The van der Waals surface area contributed by atoms with Gasteiger partial charge in [-0.3, -0.25) is 9.59 Å². The first-order valence-electron chi connectivity index (χ1n) is 7.61. The summed E-state index contributed by atoms with van der Waals surface area (Å²) >= 11 is 1.32. The Hall–Kier alpha value is -2.19. The van der Waals surface area contributed by atoms with E-state index in [-0.39, 0.29) is 19.1 Å². The minimum Gasteiger partial charge on any atom is -0.480 e. The molecule has 0 radical (unpaired) electrons. The molecule has 1 aromatic heterocycles. The van der Waals surface area contributed by atoms with Gasteiger partial charge in [0.05, 0.1) is 18.1 Å². The third kappa shape index (κ3) is 4.42. The molecule has 2 heterocycles. The number of nitrogens with one attached hydrogen (secondary N) is 1. The average Bonchev–Trinajstić information content (AvgIpc) is 3.24. The van der Waals surface area contributed by atoms with Crippen LogP contribution in [0.2, 0.25) is 0 Å². The number of rotatable bonds is 8. The fourth-order valence-electron chi connectivity index (χ4n) is 2.54. The fraction of sp³-hybridized carbons (Fsp3) is 0.438. The molecule has 2 rings (SSSR count). The Bertz CT molecular complexity index is 602. The smallest absolute Gasteiger partial charge is 0.328 e. The number of carbonyl (C=O) groups excluding carboxylic acids is 2. The number of carbonyl (C=O) groups is 3. The highest BCUT2D eigenvalue weighted by molar-refractivity contribution is 7.12. The Kier molecular flexibility index (Phi) is 6.51. The first-order chi connectivity index (χ1) is 11.5. The third-order valence-electron chi connectivity index (χ3n) is 3.68. The summed E-state index contributed by atoms with van der Waals surface area (Å²) in [6.07, 6.45) is 2.72. The van der Waals surface area contributed by atoms with E-state index in [0.717, 1.165) is 0 Å². The van der Waals surface area contributed by atoms with Crippen molar-refractivity contribution in [2.24, 2.45) is 0 Å². The second-order valence-corrected chi connectivity index (χ2v) is 6.31. The van der Waals surface area contributed by atoms with Crippen molar-refractivity contribution in [1.29, 1.82) is 0 Å². The molecule has 0 aromatic carbocycles. The van der Waals surface area contributed by atoms with Gasteiger partial charge >= 0.3 is 5.97 Å². The van der Waals surface area contributed by atoms with Crippen LogP contribution in [0, 0.1) is 0 Å². The summed E-state index contributed by atoms with van der Waals surface area (Å²) in [7, 11) is 0. The Balaban J connectivity index is 2.00. The van der Waals surface area contributed by atoms with Crippen LogP contribution in [0.25, 0.3) is 0 Å². The standard InChI is InChI=1S/C16H20N2O5S/c1-2-8-23-10-11(16(21)22)17-14(19)12-5-3-7-18(12)15(20)13-6-4-9-24-13/h2,4,6,9,11-12H,1,3,5,7-8,10H2,(H,17,19)(H,21,22). The molecule has 2 atom stereocenters. The molecule has 24 heavy (non-hydrogen) atoms. The van der Waals surface area contributed by atoms with Crippen molar-refractivity contribution < 1.29 is 24.2 Å². The van der Waals surface area contributed by atoms with E-state index in [2.05, 4.69) is 11.9 Å². The number of nitrogens with zero attached hydrogens (tertiary/aromatic N) is 1. The molecule has 7 nitrogen and oxygen atoms in total. The van der Waals surface area contributed by atoms with Crippen molar-refractivity contribution in [1.82, 2.24) is 10.2 Å². The fourth-order valence-corrected chi connectivity index (χ4v) is 3.21. The van der Waals surface area contributed by atoms with Crippen LogP contribution in [-0.2, 0) is 14.3 Å².